The molecule has 0 spiro atoms. The van der Waals surface area contributed by atoms with Gasteiger partial charge in [0, 0.05) is 47.3 Å². The molecule has 1 amide bonds. The Bertz CT molecular complexity index is 966. The molecule has 0 radical (unpaired) electrons. The van der Waals surface area contributed by atoms with Crippen molar-refractivity contribution < 1.29 is 13.2 Å². The van der Waals surface area contributed by atoms with Gasteiger partial charge in [-0.15, -0.1) is 11.3 Å². The highest BCUT2D eigenvalue weighted by atomic mass is 35.5. The molecule has 2 saturated heterocycles. The molecule has 1 unspecified atom stereocenters. The minimum atomic E-state index is -2.89. The van der Waals surface area contributed by atoms with E-state index in [1.165, 1.54) is 11.3 Å². The van der Waals surface area contributed by atoms with E-state index in [9.17, 15) is 13.2 Å². The van der Waals surface area contributed by atoms with Crippen molar-refractivity contribution >= 4 is 60.4 Å². The van der Waals surface area contributed by atoms with Gasteiger partial charge in [-0.3, -0.25) is 9.69 Å². The van der Waals surface area contributed by atoms with Gasteiger partial charge < -0.3 is 4.90 Å². The maximum absolute atomic E-state index is 12.9. The molecule has 2 fully saturated rings. The van der Waals surface area contributed by atoms with Gasteiger partial charge >= 0.3 is 0 Å². The lowest BCUT2D eigenvalue weighted by Crippen LogP contribution is -2.52. The van der Waals surface area contributed by atoms with Gasteiger partial charge in [0.05, 0.1) is 16.5 Å². The van der Waals surface area contributed by atoms with Crippen LogP contribution >= 0.6 is 34.5 Å². The molecule has 0 N–H and O–H groups in total. The number of amides is 1. The van der Waals surface area contributed by atoms with Crippen molar-refractivity contribution in [2.45, 2.75) is 12.5 Å². The Morgan fingerprint density at radius 1 is 1.15 bits per heavy atom. The first kappa shape index (κ1) is 18.5. The van der Waals surface area contributed by atoms with Crippen LogP contribution in [0, 0.1) is 0 Å². The first-order chi connectivity index (χ1) is 12.3. The van der Waals surface area contributed by atoms with Crippen LogP contribution in [0.25, 0.3) is 10.1 Å². The number of fused-ring (bicyclic) bond motifs is 1. The fourth-order valence-corrected chi connectivity index (χ4v) is 7.19. The number of sulfone groups is 1. The molecule has 0 bridgehead atoms. The summed E-state index contributed by atoms with van der Waals surface area (Å²) in [7, 11) is -2.89. The zero-order valence-corrected chi connectivity index (χ0v) is 17.1. The molecule has 3 heterocycles. The summed E-state index contributed by atoms with van der Waals surface area (Å²) in [5.41, 5.74) is 0. The molecule has 2 aromatic rings. The van der Waals surface area contributed by atoms with Crippen LogP contribution in [0.15, 0.2) is 18.2 Å². The lowest BCUT2D eigenvalue weighted by Gasteiger charge is -2.37. The maximum Gasteiger partial charge on any atom is 0.265 e. The van der Waals surface area contributed by atoms with Gasteiger partial charge in [0.25, 0.3) is 5.91 Å². The summed E-state index contributed by atoms with van der Waals surface area (Å²) in [6.45, 7) is 2.56. The molecule has 2 aliphatic heterocycles. The number of benzene rings is 1. The second-order valence-corrected chi connectivity index (χ2v) is 10.9. The van der Waals surface area contributed by atoms with Crippen LogP contribution in [0.4, 0.5) is 0 Å². The van der Waals surface area contributed by atoms with E-state index >= 15 is 0 Å². The van der Waals surface area contributed by atoms with Gasteiger partial charge in [0.1, 0.15) is 4.88 Å². The molecule has 5 nitrogen and oxygen atoms in total. The van der Waals surface area contributed by atoms with E-state index < -0.39 is 9.84 Å². The normalized spacial score (nSPS) is 23.6. The van der Waals surface area contributed by atoms with Crippen LogP contribution in [0.3, 0.4) is 0 Å². The smallest absolute Gasteiger partial charge is 0.265 e. The monoisotopic (exact) mass is 432 g/mol. The summed E-state index contributed by atoms with van der Waals surface area (Å²) in [6.07, 6.45) is 0.694. The van der Waals surface area contributed by atoms with Gasteiger partial charge in [0.15, 0.2) is 9.84 Å². The molecular formula is C17H18Cl2N2O3S2. The van der Waals surface area contributed by atoms with E-state index in [1.54, 1.807) is 11.0 Å². The third-order valence-electron chi connectivity index (χ3n) is 5.11. The first-order valence-electron chi connectivity index (χ1n) is 8.45. The Morgan fingerprint density at radius 3 is 2.54 bits per heavy atom. The summed E-state index contributed by atoms with van der Waals surface area (Å²) in [6, 6.07) is 5.52. The number of thiophene rings is 1. The summed E-state index contributed by atoms with van der Waals surface area (Å²) in [4.78, 5) is 17.5. The van der Waals surface area contributed by atoms with Crippen molar-refractivity contribution in [3.05, 3.63) is 33.1 Å². The Labute approximate surface area is 166 Å². The van der Waals surface area contributed by atoms with E-state index in [4.69, 9.17) is 23.2 Å². The average molecular weight is 433 g/mol. The van der Waals surface area contributed by atoms with Crippen LogP contribution in [-0.2, 0) is 9.84 Å². The SMILES string of the molecule is O=C(c1sc2cc(Cl)ccc2c1Cl)N1CCN(C2CCS(=O)(=O)C2)CC1. The van der Waals surface area contributed by atoms with E-state index in [-0.39, 0.29) is 23.5 Å². The molecular weight excluding hydrogens is 415 g/mol. The highest BCUT2D eigenvalue weighted by Crippen LogP contribution is 2.37. The van der Waals surface area contributed by atoms with Crippen molar-refractivity contribution in [3.63, 3.8) is 0 Å². The number of piperazine rings is 1. The van der Waals surface area contributed by atoms with Crippen LogP contribution < -0.4 is 0 Å². The maximum atomic E-state index is 12.9. The van der Waals surface area contributed by atoms with Gasteiger partial charge in [0.2, 0.25) is 0 Å². The first-order valence-corrected chi connectivity index (χ1v) is 11.8. The molecule has 4 rings (SSSR count). The second kappa shape index (κ2) is 6.95. The van der Waals surface area contributed by atoms with E-state index in [0.29, 0.717) is 47.5 Å². The number of halogens is 2. The van der Waals surface area contributed by atoms with Crippen molar-refractivity contribution in [2.75, 3.05) is 37.7 Å². The molecule has 0 aliphatic carbocycles. The van der Waals surface area contributed by atoms with Crippen molar-refractivity contribution in [1.29, 1.82) is 0 Å². The number of carbonyl (C=O) groups is 1. The molecule has 26 heavy (non-hydrogen) atoms. The minimum Gasteiger partial charge on any atom is -0.335 e. The Kier molecular flexibility index (Phi) is 4.94. The molecule has 1 atom stereocenters. The van der Waals surface area contributed by atoms with Crippen LogP contribution in [-0.4, -0.2) is 67.9 Å². The largest absolute Gasteiger partial charge is 0.335 e. The van der Waals surface area contributed by atoms with Crippen molar-refractivity contribution in [1.82, 2.24) is 9.80 Å². The lowest BCUT2D eigenvalue weighted by atomic mass is 10.2. The van der Waals surface area contributed by atoms with E-state index in [2.05, 4.69) is 4.90 Å². The highest BCUT2D eigenvalue weighted by molar-refractivity contribution is 7.91. The van der Waals surface area contributed by atoms with Gasteiger partial charge in [-0.1, -0.05) is 29.3 Å². The number of hydrogen-bond acceptors (Lipinski definition) is 5. The summed E-state index contributed by atoms with van der Waals surface area (Å²) in [5, 5.41) is 1.95. The number of hydrogen-bond donors (Lipinski definition) is 0. The molecule has 9 heteroatoms. The van der Waals surface area contributed by atoms with Gasteiger partial charge in [-0.05, 0) is 18.6 Å². The molecule has 1 aromatic carbocycles. The van der Waals surface area contributed by atoms with Crippen LogP contribution in [0.5, 0.6) is 0 Å². The average Bonchev–Trinajstić information content (AvgIpc) is 3.14. The summed E-state index contributed by atoms with van der Waals surface area (Å²) >= 11 is 13.8. The number of rotatable bonds is 2. The highest BCUT2D eigenvalue weighted by Gasteiger charge is 2.35. The molecule has 0 saturated carbocycles. The van der Waals surface area contributed by atoms with E-state index in [0.717, 1.165) is 10.1 Å². The molecule has 140 valence electrons. The van der Waals surface area contributed by atoms with Crippen LogP contribution in [0.2, 0.25) is 10.0 Å². The predicted molar refractivity (Wildman–Crippen MR) is 106 cm³/mol. The quantitative estimate of drug-likeness (QED) is 0.730. The summed E-state index contributed by atoms with van der Waals surface area (Å²) in [5.74, 6) is 0.451. The number of nitrogens with zero attached hydrogens (tertiary/aromatic N) is 2. The standard InChI is InChI=1S/C17H18Cl2N2O3S2/c18-11-1-2-13-14(9-11)25-16(15(13)19)17(22)21-6-4-20(5-7-21)12-3-8-26(23,24)10-12/h1-2,9,12H,3-8,10H2. The zero-order valence-electron chi connectivity index (χ0n) is 14.0. The van der Waals surface area contributed by atoms with E-state index in [1.807, 2.05) is 12.1 Å². The Balaban J connectivity index is 1.46. The van der Waals surface area contributed by atoms with Crippen molar-refractivity contribution in [2.24, 2.45) is 0 Å². The lowest BCUT2D eigenvalue weighted by molar-refractivity contribution is 0.0592. The fourth-order valence-electron chi connectivity index (χ4n) is 3.67. The Hall–Kier alpha value is -0.860. The second-order valence-electron chi connectivity index (χ2n) is 6.77. The van der Waals surface area contributed by atoms with Gasteiger partial charge in [-0.25, -0.2) is 8.42 Å². The topological polar surface area (TPSA) is 57.7 Å². The molecule has 1 aromatic heterocycles. The summed E-state index contributed by atoms with van der Waals surface area (Å²) < 4.78 is 24.3. The zero-order chi connectivity index (χ0) is 18.5. The minimum absolute atomic E-state index is 0.0639. The van der Waals surface area contributed by atoms with Crippen molar-refractivity contribution in [3.8, 4) is 0 Å². The van der Waals surface area contributed by atoms with Crippen LogP contribution in [0.1, 0.15) is 16.1 Å². The van der Waals surface area contributed by atoms with Gasteiger partial charge in [-0.2, -0.15) is 0 Å². The Morgan fingerprint density at radius 2 is 1.88 bits per heavy atom. The third-order valence-corrected chi connectivity index (χ3v) is 8.74. The number of carbonyl (C=O) groups excluding carboxylic acids is 1. The molecule has 2 aliphatic rings. The third kappa shape index (κ3) is 3.47. The fraction of sp³-hybridized carbons (Fsp3) is 0.471. The predicted octanol–water partition coefficient (Wildman–Crippen LogP) is 3.15.